The Morgan fingerprint density at radius 1 is 1.17 bits per heavy atom. The van der Waals surface area contributed by atoms with Crippen LogP contribution in [0.2, 0.25) is 0 Å². The minimum Gasteiger partial charge on any atom is -0.432 e. The Morgan fingerprint density at radius 3 is 2.67 bits per heavy atom. The van der Waals surface area contributed by atoms with Gasteiger partial charge in [0.1, 0.15) is 24.4 Å². The highest BCUT2D eigenvalue weighted by Gasteiger charge is 2.45. The Bertz CT molecular complexity index is 713. The smallest absolute Gasteiger partial charge is 0.312 e. The number of fused-ring (bicyclic) bond motifs is 1. The molecule has 0 amide bonds. The number of rotatable bonds is 4. The second-order valence-electron chi connectivity index (χ2n) is 5.72. The molecule has 0 radical (unpaired) electrons. The predicted molar refractivity (Wildman–Crippen MR) is 81.9 cm³/mol. The molecule has 130 valence electrons. The number of hydrogen-bond donors (Lipinski definition) is 5. The van der Waals surface area contributed by atoms with Crippen LogP contribution in [0.15, 0.2) is 30.5 Å². The third-order valence-corrected chi connectivity index (χ3v) is 4.11. The second-order valence-corrected chi connectivity index (χ2v) is 5.72. The molecule has 0 aliphatic carbocycles. The highest BCUT2D eigenvalue weighted by Crippen LogP contribution is 2.23. The van der Waals surface area contributed by atoms with Crippen molar-refractivity contribution < 1.29 is 34.7 Å². The van der Waals surface area contributed by atoms with Crippen LogP contribution in [0, 0.1) is 0 Å². The van der Waals surface area contributed by atoms with Crippen LogP contribution in [-0.2, 0) is 20.7 Å². The van der Waals surface area contributed by atoms with Crippen molar-refractivity contribution in [1.82, 2.24) is 4.98 Å². The maximum Gasteiger partial charge on any atom is 0.312 e. The molecule has 2 aromatic rings. The molecule has 1 saturated heterocycles. The summed E-state index contributed by atoms with van der Waals surface area (Å²) in [7, 11) is 0. The maximum absolute atomic E-state index is 12.1. The molecule has 0 spiro atoms. The summed E-state index contributed by atoms with van der Waals surface area (Å²) in [5.74, 6) is -0.663. The molecule has 1 aromatic heterocycles. The highest BCUT2D eigenvalue weighted by atomic mass is 16.7. The molecule has 2 heterocycles. The number of carbonyl (C=O) groups is 1. The minimum absolute atomic E-state index is 0.0565. The van der Waals surface area contributed by atoms with E-state index in [2.05, 4.69) is 4.98 Å². The summed E-state index contributed by atoms with van der Waals surface area (Å²) >= 11 is 0. The first-order valence-corrected chi connectivity index (χ1v) is 7.56. The van der Waals surface area contributed by atoms with Gasteiger partial charge in [-0.15, -0.1) is 0 Å². The van der Waals surface area contributed by atoms with Crippen LogP contribution in [-0.4, -0.2) is 68.7 Å². The van der Waals surface area contributed by atoms with E-state index >= 15 is 0 Å². The fourth-order valence-corrected chi connectivity index (χ4v) is 2.77. The zero-order chi connectivity index (χ0) is 17.3. The molecule has 1 fully saturated rings. The Morgan fingerprint density at radius 2 is 1.92 bits per heavy atom. The van der Waals surface area contributed by atoms with Crippen LogP contribution in [0.3, 0.4) is 0 Å². The molecule has 1 aromatic carbocycles. The molecule has 1 aliphatic heterocycles. The van der Waals surface area contributed by atoms with Crippen molar-refractivity contribution in [2.45, 2.75) is 37.1 Å². The maximum atomic E-state index is 12.1. The summed E-state index contributed by atoms with van der Waals surface area (Å²) in [6, 6.07) is 7.46. The van der Waals surface area contributed by atoms with Crippen molar-refractivity contribution in [2.24, 2.45) is 0 Å². The van der Waals surface area contributed by atoms with Gasteiger partial charge in [0, 0.05) is 17.1 Å². The molecule has 1 aliphatic rings. The fraction of sp³-hybridized carbons (Fsp3) is 0.438. The average molecular weight is 337 g/mol. The number of aliphatic hydroxyl groups excluding tert-OH is 4. The van der Waals surface area contributed by atoms with Crippen molar-refractivity contribution in [3.8, 4) is 0 Å². The van der Waals surface area contributed by atoms with Gasteiger partial charge in [0.25, 0.3) is 0 Å². The van der Waals surface area contributed by atoms with Gasteiger partial charge < -0.3 is 34.9 Å². The van der Waals surface area contributed by atoms with Gasteiger partial charge in [-0.3, -0.25) is 4.79 Å². The normalized spacial score (nSPS) is 30.4. The van der Waals surface area contributed by atoms with E-state index in [1.807, 2.05) is 24.3 Å². The summed E-state index contributed by atoms with van der Waals surface area (Å²) in [5.41, 5.74) is 1.60. The van der Waals surface area contributed by atoms with E-state index in [9.17, 15) is 20.1 Å². The SMILES string of the molecule is O=C(Cc1c[nH]c2ccccc12)O[C@H]1O[C@@H](CO)[C@H](O)[C@@H](O)[C@H]1O. The number of aromatic amines is 1. The predicted octanol–water partition coefficient (Wildman–Crippen LogP) is -0.947. The van der Waals surface area contributed by atoms with Crippen molar-refractivity contribution >= 4 is 16.9 Å². The minimum atomic E-state index is -1.60. The van der Waals surface area contributed by atoms with Crippen LogP contribution >= 0.6 is 0 Å². The average Bonchev–Trinajstić information content (AvgIpc) is 2.98. The van der Waals surface area contributed by atoms with E-state index < -0.39 is 43.3 Å². The monoisotopic (exact) mass is 337 g/mol. The Hall–Kier alpha value is -1.97. The fourth-order valence-electron chi connectivity index (χ4n) is 2.77. The number of hydrogen-bond acceptors (Lipinski definition) is 7. The van der Waals surface area contributed by atoms with Crippen LogP contribution in [0.25, 0.3) is 10.9 Å². The number of benzene rings is 1. The van der Waals surface area contributed by atoms with E-state index in [0.29, 0.717) is 0 Å². The van der Waals surface area contributed by atoms with Gasteiger partial charge >= 0.3 is 5.97 Å². The first-order chi connectivity index (χ1) is 11.5. The summed E-state index contributed by atoms with van der Waals surface area (Å²) in [6.07, 6.45) is -5.62. The quantitative estimate of drug-likeness (QED) is 0.455. The van der Waals surface area contributed by atoms with Crippen molar-refractivity contribution in [2.75, 3.05) is 6.61 Å². The number of ether oxygens (including phenoxy) is 2. The van der Waals surface area contributed by atoms with Crippen molar-refractivity contribution in [1.29, 1.82) is 0 Å². The molecule has 3 rings (SSSR count). The second kappa shape index (κ2) is 6.88. The van der Waals surface area contributed by atoms with Gasteiger partial charge in [-0.05, 0) is 11.6 Å². The third kappa shape index (κ3) is 3.14. The van der Waals surface area contributed by atoms with E-state index in [1.165, 1.54) is 0 Å². The Labute approximate surface area is 137 Å². The molecule has 5 N–H and O–H groups in total. The van der Waals surface area contributed by atoms with Crippen LogP contribution in [0.1, 0.15) is 5.56 Å². The zero-order valence-electron chi connectivity index (χ0n) is 12.7. The summed E-state index contributed by atoms with van der Waals surface area (Å²) < 4.78 is 10.2. The lowest BCUT2D eigenvalue weighted by Gasteiger charge is -2.39. The zero-order valence-corrected chi connectivity index (χ0v) is 12.7. The number of esters is 1. The van der Waals surface area contributed by atoms with E-state index in [0.717, 1.165) is 16.5 Å². The van der Waals surface area contributed by atoms with Gasteiger partial charge in [-0.1, -0.05) is 18.2 Å². The molecule has 8 heteroatoms. The first kappa shape index (κ1) is 16.9. The molecular weight excluding hydrogens is 318 g/mol. The van der Waals surface area contributed by atoms with Crippen LogP contribution in [0.5, 0.6) is 0 Å². The summed E-state index contributed by atoms with van der Waals surface area (Å²) in [4.78, 5) is 15.2. The molecule has 0 bridgehead atoms. The Kier molecular flexibility index (Phi) is 4.83. The standard InChI is InChI=1S/C16H19NO7/c18-7-11-13(20)14(21)15(22)16(23-11)24-12(19)5-8-6-17-10-4-2-1-3-9(8)10/h1-4,6,11,13-18,20-22H,5,7H2/t11-,13-,14+,15+,16+/m0/s1. The highest BCUT2D eigenvalue weighted by molar-refractivity contribution is 5.87. The third-order valence-electron chi connectivity index (χ3n) is 4.11. The lowest BCUT2D eigenvalue weighted by atomic mass is 9.99. The number of H-pyrrole nitrogens is 1. The molecule has 8 nitrogen and oxygen atoms in total. The van der Waals surface area contributed by atoms with E-state index in [-0.39, 0.29) is 6.42 Å². The molecule has 0 saturated carbocycles. The number of aliphatic hydroxyl groups is 4. The van der Waals surface area contributed by atoms with Crippen molar-refractivity contribution in [3.63, 3.8) is 0 Å². The molecule has 5 atom stereocenters. The first-order valence-electron chi connectivity index (χ1n) is 7.56. The number of nitrogens with one attached hydrogen (secondary N) is 1. The number of aromatic nitrogens is 1. The molecule has 24 heavy (non-hydrogen) atoms. The largest absolute Gasteiger partial charge is 0.432 e. The van der Waals surface area contributed by atoms with Crippen molar-refractivity contribution in [3.05, 3.63) is 36.0 Å². The van der Waals surface area contributed by atoms with Gasteiger partial charge in [0.15, 0.2) is 0 Å². The Balaban J connectivity index is 1.68. The number of carbonyl (C=O) groups excluding carboxylic acids is 1. The van der Waals surface area contributed by atoms with Crippen LogP contribution < -0.4 is 0 Å². The van der Waals surface area contributed by atoms with E-state index in [1.54, 1.807) is 6.20 Å². The van der Waals surface area contributed by atoms with E-state index in [4.69, 9.17) is 14.6 Å². The van der Waals surface area contributed by atoms with Gasteiger partial charge in [0.05, 0.1) is 13.0 Å². The van der Waals surface area contributed by atoms with Crippen LogP contribution in [0.4, 0.5) is 0 Å². The van der Waals surface area contributed by atoms with Gasteiger partial charge in [-0.2, -0.15) is 0 Å². The summed E-state index contributed by atoms with van der Waals surface area (Å²) in [6.45, 7) is -0.582. The lowest BCUT2D eigenvalue weighted by Crippen LogP contribution is -2.59. The topological polar surface area (TPSA) is 132 Å². The summed E-state index contributed by atoms with van der Waals surface area (Å²) in [5, 5.41) is 39.3. The van der Waals surface area contributed by atoms with Gasteiger partial charge in [0.2, 0.25) is 6.29 Å². The lowest BCUT2D eigenvalue weighted by molar-refractivity contribution is -0.292. The van der Waals surface area contributed by atoms with Gasteiger partial charge in [-0.25, -0.2) is 0 Å². The molecular formula is C16H19NO7. The number of para-hydroxylation sites is 1. The molecule has 0 unspecified atom stereocenters.